The number of carbonyl (C=O) groups is 1. The van der Waals surface area contributed by atoms with Crippen LogP contribution in [0.5, 0.6) is 0 Å². The van der Waals surface area contributed by atoms with Gasteiger partial charge in [-0.25, -0.2) is 0 Å². The number of aliphatic carboxylic acids is 1. The van der Waals surface area contributed by atoms with E-state index in [2.05, 4.69) is 40.9 Å². The molecule has 0 aromatic heterocycles. The van der Waals surface area contributed by atoms with E-state index in [9.17, 15) is 30.3 Å². The van der Waals surface area contributed by atoms with Crippen LogP contribution >= 0.6 is 0 Å². The standard InChI is InChI=1S/C36H58O8/c1-20(2)11-10-15-36(9,42)24-13-18-35(8)28(24)25(44-32-31(41)30(40)29(39)22(5)43-32)19-26-33(6,16-14-27(37)38)23(21(3)4)12-17-34(26,35)7/h10-11,22-26,28-32,39-42H,1,3,12-19H2,2,4-9H3,(H,37,38)/b11-10+/t22-,23?,24?,25?,26?,28?,29-,30+,31-,32+,33?,34?,35?,36?/m1/s1. The van der Waals surface area contributed by atoms with Crippen molar-refractivity contribution < 1.29 is 39.8 Å². The van der Waals surface area contributed by atoms with Crippen LogP contribution < -0.4 is 0 Å². The molecule has 0 aromatic rings. The van der Waals surface area contributed by atoms with Crippen molar-refractivity contribution in [2.24, 2.45) is 39.9 Å². The zero-order valence-corrected chi connectivity index (χ0v) is 28.0. The molecule has 9 unspecified atom stereocenters. The molecule has 0 aromatic carbocycles. The number of carboxylic acids is 1. The average Bonchev–Trinajstić information content (AvgIpc) is 3.30. The molecule has 8 heteroatoms. The van der Waals surface area contributed by atoms with E-state index < -0.39 is 48.4 Å². The molecule has 4 aliphatic rings. The van der Waals surface area contributed by atoms with Gasteiger partial charge in [-0.3, -0.25) is 4.79 Å². The van der Waals surface area contributed by atoms with Gasteiger partial charge in [0.2, 0.25) is 0 Å². The zero-order valence-electron chi connectivity index (χ0n) is 28.0. The van der Waals surface area contributed by atoms with Crippen LogP contribution in [-0.2, 0) is 14.3 Å². The Morgan fingerprint density at radius 3 is 2.27 bits per heavy atom. The van der Waals surface area contributed by atoms with Crippen LogP contribution in [-0.4, -0.2) is 73.9 Å². The van der Waals surface area contributed by atoms with Gasteiger partial charge in [0.25, 0.3) is 0 Å². The summed E-state index contributed by atoms with van der Waals surface area (Å²) in [4.78, 5) is 11.9. The summed E-state index contributed by atoms with van der Waals surface area (Å²) in [6, 6.07) is 0. The Labute approximate surface area is 264 Å². The summed E-state index contributed by atoms with van der Waals surface area (Å²) < 4.78 is 12.7. The van der Waals surface area contributed by atoms with Crippen LogP contribution in [0.1, 0.15) is 99.8 Å². The number of aliphatic hydroxyl groups is 4. The molecule has 4 fully saturated rings. The Hall–Kier alpha value is -1.55. The quantitative estimate of drug-likeness (QED) is 0.125. The van der Waals surface area contributed by atoms with E-state index in [1.54, 1.807) is 6.92 Å². The van der Waals surface area contributed by atoms with Crippen LogP contribution in [0.25, 0.3) is 0 Å². The molecule has 0 bridgehead atoms. The second-order valence-electron chi connectivity index (χ2n) is 15.8. The predicted molar refractivity (Wildman–Crippen MR) is 169 cm³/mol. The molecule has 14 atom stereocenters. The summed E-state index contributed by atoms with van der Waals surface area (Å²) in [5.41, 5.74) is 0.172. The first-order chi connectivity index (χ1) is 20.3. The van der Waals surface area contributed by atoms with Gasteiger partial charge in [0, 0.05) is 6.42 Å². The molecule has 3 aliphatic carbocycles. The number of fused-ring (bicyclic) bond motifs is 3. The molecule has 44 heavy (non-hydrogen) atoms. The van der Waals surface area contributed by atoms with Crippen LogP contribution in [0.3, 0.4) is 0 Å². The van der Waals surface area contributed by atoms with Gasteiger partial charge in [0.1, 0.15) is 18.3 Å². The van der Waals surface area contributed by atoms with E-state index in [1.165, 1.54) is 0 Å². The maximum Gasteiger partial charge on any atom is 0.303 e. The fourth-order valence-electron chi connectivity index (χ4n) is 10.4. The summed E-state index contributed by atoms with van der Waals surface area (Å²) in [6.45, 7) is 22.8. The average molecular weight is 619 g/mol. The Bertz CT molecular complexity index is 1130. The molecule has 250 valence electrons. The van der Waals surface area contributed by atoms with E-state index in [4.69, 9.17) is 9.47 Å². The third kappa shape index (κ3) is 6.00. The first-order valence-corrected chi connectivity index (χ1v) is 16.6. The van der Waals surface area contributed by atoms with E-state index in [-0.39, 0.29) is 46.3 Å². The highest BCUT2D eigenvalue weighted by Crippen LogP contribution is 2.74. The highest BCUT2D eigenvalue weighted by Gasteiger charge is 2.70. The van der Waals surface area contributed by atoms with Crippen molar-refractivity contribution in [3.63, 3.8) is 0 Å². The van der Waals surface area contributed by atoms with Gasteiger partial charge in [0.05, 0.1) is 17.8 Å². The van der Waals surface area contributed by atoms with E-state index in [0.29, 0.717) is 19.3 Å². The van der Waals surface area contributed by atoms with Gasteiger partial charge in [-0.05, 0) is 113 Å². The number of aliphatic hydroxyl groups excluding tert-OH is 3. The van der Waals surface area contributed by atoms with Crippen molar-refractivity contribution in [2.75, 3.05) is 0 Å². The summed E-state index contributed by atoms with van der Waals surface area (Å²) >= 11 is 0. The first-order valence-electron chi connectivity index (χ1n) is 16.6. The topological polar surface area (TPSA) is 137 Å². The van der Waals surface area contributed by atoms with Gasteiger partial charge in [-0.15, -0.1) is 0 Å². The molecular formula is C36H58O8. The van der Waals surface area contributed by atoms with Crippen LogP contribution in [0.15, 0.2) is 36.5 Å². The molecule has 0 amide bonds. The maximum atomic E-state index is 12.1. The monoisotopic (exact) mass is 618 g/mol. The second kappa shape index (κ2) is 12.6. The smallest absolute Gasteiger partial charge is 0.303 e. The largest absolute Gasteiger partial charge is 0.481 e. The lowest BCUT2D eigenvalue weighted by Gasteiger charge is -2.68. The minimum absolute atomic E-state index is 0.0664. The number of carboxylic acid groups (broad SMARTS) is 1. The summed E-state index contributed by atoms with van der Waals surface area (Å²) in [5, 5.41) is 53.8. The highest BCUT2D eigenvalue weighted by molar-refractivity contribution is 5.66. The summed E-state index contributed by atoms with van der Waals surface area (Å²) in [7, 11) is 0. The van der Waals surface area contributed by atoms with Crippen molar-refractivity contribution in [3.8, 4) is 0 Å². The number of rotatable bonds is 10. The van der Waals surface area contributed by atoms with Gasteiger partial charge in [-0.1, -0.05) is 57.2 Å². The molecule has 4 rings (SSSR count). The molecular weight excluding hydrogens is 560 g/mol. The fraction of sp³-hybridized carbons (Fsp3) is 0.806. The van der Waals surface area contributed by atoms with Crippen LogP contribution in [0, 0.1) is 39.9 Å². The lowest BCUT2D eigenvalue weighted by molar-refractivity contribution is -0.327. The van der Waals surface area contributed by atoms with E-state index in [1.807, 2.05) is 26.0 Å². The molecule has 5 N–H and O–H groups in total. The van der Waals surface area contributed by atoms with Crippen molar-refractivity contribution in [1.82, 2.24) is 0 Å². The van der Waals surface area contributed by atoms with Gasteiger partial charge in [0.15, 0.2) is 6.29 Å². The van der Waals surface area contributed by atoms with E-state index >= 15 is 0 Å². The molecule has 0 radical (unpaired) electrons. The van der Waals surface area contributed by atoms with Crippen molar-refractivity contribution in [1.29, 1.82) is 0 Å². The minimum atomic E-state index is -1.44. The maximum absolute atomic E-state index is 12.1. The third-order valence-corrected chi connectivity index (χ3v) is 13.0. The molecule has 3 saturated carbocycles. The lowest BCUT2D eigenvalue weighted by atomic mass is 9.37. The third-order valence-electron chi connectivity index (χ3n) is 13.0. The summed E-state index contributed by atoms with van der Waals surface area (Å²) in [5.74, 6) is -0.773. The lowest BCUT2D eigenvalue weighted by Crippen LogP contribution is -2.65. The fourth-order valence-corrected chi connectivity index (χ4v) is 10.4. The molecule has 1 heterocycles. The van der Waals surface area contributed by atoms with Gasteiger partial charge < -0.3 is 35.0 Å². The Morgan fingerprint density at radius 2 is 1.68 bits per heavy atom. The number of hydrogen-bond donors (Lipinski definition) is 5. The Morgan fingerprint density at radius 1 is 1.05 bits per heavy atom. The van der Waals surface area contributed by atoms with Crippen molar-refractivity contribution >= 4 is 5.97 Å². The first kappa shape index (κ1) is 35.3. The van der Waals surface area contributed by atoms with Crippen LogP contribution in [0.2, 0.25) is 0 Å². The molecule has 8 nitrogen and oxygen atoms in total. The normalized spacial score (nSPS) is 47.1. The number of hydrogen-bond acceptors (Lipinski definition) is 7. The predicted octanol–water partition coefficient (Wildman–Crippen LogP) is 5.39. The Balaban J connectivity index is 1.81. The second-order valence-corrected chi connectivity index (χ2v) is 15.8. The number of ether oxygens (including phenoxy) is 2. The molecule has 0 spiro atoms. The zero-order chi connectivity index (χ0) is 33.0. The molecule has 1 aliphatic heterocycles. The number of allylic oxidation sites excluding steroid dienone is 3. The van der Waals surface area contributed by atoms with Crippen LogP contribution in [0.4, 0.5) is 0 Å². The SMILES string of the molecule is C=C(C)/C=C/CC(C)(O)C1CCC2(C)C1C(O[C@@H]1O[C@H](C)[C@@H](O)[C@H](O)[C@H]1O)CC1C(C)(CCC(=O)O)C(C(=C)C)CCC12C. The Kier molecular flexibility index (Phi) is 10.1. The van der Waals surface area contributed by atoms with Gasteiger partial charge in [-0.2, -0.15) is 0 Å². The molecule has 1 saturated heterocycles. The highest BCUT2D eigenvalue weighted by atomic mass is 16.7. The van der Waals surface area contributed by atoms with E-state index in [0.717, 1.165) is 36.8 Å². The van der Waals surface area contributed by atoms with Crippen molar-refractivity contribution in [3.05, 3.63) is 36.5 Å². The minimum Gasteiger partial charge on any atom is -0.481 e. The van der Waals surface area contributed by atoms with Crippen molar-refractivity contribution in [2.45, 2.75) is 142 Å². The summed E-state index contributed by atoms with van der Waals surface area (Å²) in [6.07, 6.45) is 2.73. The van der Waals surface area contributed by atoms with Gasteiger partial charge >= 0.3 is 5.97 Å².